The van der Waals surface area contributed by atoms with E-state index < -0.39 is 11.4 Å². The summed E-state index contributed by atoms with van der Waals surface area (Å²) in [5, 5.41) is 11.0. The first kappa shape index (κ1) is 16.2. The molecule has 0 aromatic rings. The van der Waals surface area contributed by atoms with Gasteiger partial charge in [-0.25, -0.2) is 9.79 Å². The zero-order valence-corrected chi connectivity index (χ0v) is 15.0. The number of amides is 1. The molecule has 4 fully saturated rings. The van der Waals surface area contributed by atoms with Crippen LogP contribution in [0.4, 0.5) is 0 Å². The van der Waals surface area contributed by atoms with Crippen LogP contribution in [0.15, 0.2) is 16.6 Å². The zero-order valence-electron chi connectivity index (χ0n) is 14.2. The van der Waals surface area contributed by atoms with Gasteiger partial charge < -0.3 is 10.0 Å². The lowest BCUT2D eigenvalue weighted by atomic mass is 9.38. The Morgan fingerprint density at radius 2 is 2.12 bits per heavy atom. The third-order valence-corrected chi connectivity index (χ3v) is 7.92. The molecule has 6 heteroatoms. The van der Waals surface area contributed by atoms with Gasteiger partial charge in [-0.3, -0.25) is 4.79 Å². The molecule has 5 atom stereocenters. The number of carboxylic acids is 1. The molecule has 5 aliphatic rings. The molecule has 0 spiro atoms. The zero-order chi connectivity index (χ0) is 17.2. The van der Waals surface area contributed by atoms with Crippen LogP contribution in [0.5, 0.6) is 0 Å². The largest absolute Gasteiger partial charge is 0.477 e. The van der Waals surface area contributed by atoms with Crippen LogP contribution in [0.1, 0.15) is 46.0 Å². The van der Waals surface area contributed by atoms with E-state index in [1.165, 1.54) is 6.42 Å². The number of aliphatic imine (C=N–C) groups is 1. The van der Waals surface area contributed by atoms with E-state index in [1.54, 1.807) is 11.8 Å². The second-order valence-electron chi connectivity index (χ2n) is 8.54. The number of hydrogen-bond acceptors (Lipinski definition) is 4. The summed E-state index contributed by atoms with van der Waals surface area (Å²) in [6.45, 7) is 4.68. The first-order valence-electron chi connectivity index (χ1n) is 8.66. The molecule has 0 saturated heterocycles. The van der Waals surface area contributed by atoms with Crippen molar-refractivity contribution in [3.63, 3.8) is 0 Å². The maximum absolute atomic E-state index is 12.9. The number of aliphatic carboxylic acids is 1. The van der Waals surface area contributed by atoms with Crippen molar-refractivity contribution in [2.75, 3.05) is 5.88 Å². The quantitative estimate of drug-likeness (QED) is 0.794. The summed E-state index contributed by atoms with van der Waals surface area (Å²) in [5.41, 5.74) is -0.326. The Labute approximate surface area is 146 Å². The number of carbonyl (C=O) groups excluding carboxylic acids is 1. The minimum absolute atomic E-state index is 0.0164. The lowest BCUT2D eigenvalue weighted by molar-refractivity contribution is -0.195. The molecule has 5 unspecified atom stereocenters. The van der Waals surface area contributed by atoms with E-state index in [9.17, 15) is 9.59 Å². The molecular formula is C18H24N2O3S. The standard InChI is InChI=1S/C18H24N2O3S/c1-12-16(2)5-13-6-17(9-16,15(23)19-8-14(21)22)10-18(12,7-13)20-3-4-24-11-20/h3-4,8,12-13H,5-7,9-11H2,1-2H3,(H,21,22)/b19-8-. The van der Waals surface area contributed by atoms with E-state index in [0.717, 1.165) is 37.8 Å². The van der Waals surface area contributed by atoms with E-state index in [0.29, 0.717) is 11.8 Å². The highest BCUT2D eigenvalue weighted by molar-refractivity contribution is 8.02. The summed E-state index contributed by atoms with van der Waals surface area (Å²) in [6, 6.07) is 0. The van der Waals surface area contributed by atoms with Gasteiger partial charge in [-0.15, -0.1) is 11.8 Å². The average Bonchev–Trinajstić information content (AvgIpc) is 3.04. The molecule has 1 aliphatic heterocycles. The second-order valence-corrected chi connectivity index (χ2v) is 9.41. The van der Waals surface area contributed by atoms with E-state index in [-0.39, 0.29) is 16.9 Å². The number of nitrogens with zero attached hydrogens (tertiary/aromatic N) is 2. The highest BCUT2D eigenvalue weighted by Crippen LogP contribution is 2.70. The molecule has 0 radical (unpaired) electrons. The molecule has 0 aromatic carbocycles. The second kappa shape index (κ2) is 5.10. The van der Waals surface area contributed by atoms with Gasteiger partial charge in [0.25, 0.3) is 5.91 Å². The van der Waals surface area contributed by atoms with Crippen molar-refractivity contribution in [2.24, 2.45) is 27.7 Å². The normalized spacial score (nSPS) is 46.2. The van der Waals surface area contributed by atoms with Crippen LogP contribution >= 0.6 is 11.8 Å². The molecule has 4 bridgehead atoms. The highest BCUT2D eigenvalue weighted by Gasteiger charge is 2.68. The topological polar surface area (TPSA) is 70.0 Å². The smallest absolute Gasteiger partial charge is 0.347 e. The molecule has 1 heterocycles. The van der Waals surface area contributed by atoms with Gasteiger partial charge in [0.2, 0.25) is 0 Å². The lowest BCUT2D eigenvalue weighted by Crippen LogP contribution is -2.70. The molecule has 4 aliphatic carbocycles. The molecule has 4 saturated carbocycles. The van der Waals surface area contributed by atoms with Crippen LogP contribution in [-0.4, -0.2) is 39.5 Å². The van der Waals surface area contributed by atoms with Crippen molar-refractivity contribution in [3.05, 3.63) is 11.6 Å². The average molecular weight is 348 g/mol. The van der Waals surface area contributed by atoms with Crippen molar-refractivity contribution in [2.45, 2.75) is 51.5 Å². The van der Waals surface area contributed by atoms with Crippen LogP contribution in [0.25, 0.3) is 0 Å². The third kappa shape index (κ3) is 2.11. The Balaban J connectivity index is 1.75. The Morgan fingerprint density at radius 3 is 2.79 bits per heavy atom. The Hall–Kier alpha value is -1.30. The Bertz CT molecular complexity index is 663. The van der Waals surface area contributed by atoms with Crippen LogP contribution in [0.3, 0.4) is 0 Å². The SMILES string of the molecule is CC1C2(C)CC3CC(C(=O)/N=C\C(=O)O)(C2)CC1(N1C=CSC1)C3. The molecule has 5 rings (SSSR count). The van der Waals surface area contributed by atoms with Gasteiger partial charge in [-0.2, -0.15) is 0 Å². The summed E-state index contributed by atoms with van der Waals surface area (Å²) >= 11 is 1.81. The highest BCUT2D eigenvalue weighted by atomic mass is 32.2. The Kier molecular flexibility index (Phi) is 3.44. The fraction of sp³-hybridized carbons (Fsp3) is 0.722. The maximum Gasteiger partial charge on any atom is 0.347 e. The van der Waals surface area contributed by atoms with Crippen LogP contribution < -0.4 is 0 Å². The van der Waals surface area contributed by atoms with Crippen molar-refractivity contribution >= 4 is 29.9 Å². The predicted octanol–water partition coefficient (Wildman–Crippen LogP) is 3.12. The Morgan fingerprint density at radius 1 is 1.33 bits per heavy atom. The first-order chi connectivity index (χ1) is 11.3. The van der Waals surface area contributed by atoms with Gasteiger partial charge in [0.15, 0.2) is 0 Å². The van der Waals surface area contributed by atoms with Crippen molar-refractivity contribution < 1.29 is 14.7 Å². The number of carbonyl (C=O) groups is 2. The number of rotatable bonds is 3. The fourth-order valence-electron chi connectivity index (χ4n) is 6.46. The van der Waals surface area contributed by atoms with E-state index in [2.05, 4.69) is 35.3 Å². The van der Waals surface area contributed by atoms with Gasteiger partial charge in [-0.05, 0) is 54.8 Å². The molecular weight excluding hydrogens is 324 g/mol. The molecule has 5 nitrogen and oxygen atoms in total. The first-order valence-corrected chi connectivity index (χ1v) is 9.71. The summed E-state index contributed by atoms with van der Waals surface area (Å²) in [7, 11) is 0. The lowest BCUT2D eigenvalue weighted by Gasteiger charge is -2.70. The van der Waals surface area contributed by atoms with Gasteiger partial charge in [-0.1, -0.05) is 13.8 Å². The summed E-state index contributed by atoms with van der Waals surface area (Å²) in [5.74, 6) is 0.648. The van der Waals surface area contributed by atoms with Crippen LogP contribution in [0.2, 0.25) is 0 Å². The monoisotopic (exact) mass is 348 g/mol. The number of carboxylic acid groups (broad SMARTS) is 1. The molecule has 1 amide bonds. The third-order valence-electron chi connectivity index (χ3n) is 7.18. The number of thioether (sulfide) groups is 1. The van der Waals surface area contributed by atoms with E-state index in [4.69, 9.17) is 5.11 Å². The van der Waals surface area contributed by atoms with Crippen LogP contribution in [-0.2, 0) is 9.59 Å². The molecule has 130 valence electrons. The number of hydrogen-bond donors (Lipinski definition) is 1. The van der Waals surface area contributed by atoms with E-state index >= 15 is 0 Å². The van der Waals surface area contributed by atoms with Crippen molar-refractivity contribution in [1.82, 2.24) is 4.90 Å². The van der Waals surface area contributed by atoms with Crippen molar-refractivity contribution in [3.8, 4) is 0 Å². The minimum Gasteiger partial charge on any atom is -0.477 e. The summed E-state index contributed by atoms with van der Waals surface area (Å²) in [4.78, 5) is 30.0. The summed E-state index contributed by atoms with van der Waals surface area (Å²) < 4.78 is 0. The molecule has 24 heavy (non-hydrogen) atoms. The molecule has 0 aromatic heterocycles. The fourth-order valence-corrected chi connectivity index (χ4v) is 7.29. The van der Waals surface area contributed by atoms with Crippen LogP contribution in [0, 0.1) is 22.7 Å². The van der Waals surface area contributed by atoms with Gasteiger partial charge in [0.1, 0.15) is 6.21 Å². The van der Waals surface area contributed by atoms with Gasteiger partial charge in [0.05, 0.1) is 11.3 Å². The van der Waals surface area contributed by atoms with E-state index in [1.807, 2.05) is 0 Å². The van der Waals surface area contributed by atoms with Crippen molar-refractivity contribution in [1.29, 1.82) is 0 Å². The predicted molar refractivity (Wildman–Crippen MR) is 93.6 cm³/mol. The minimum atomic E-state index is -1.15. The van der Waals surface area contributed by atoms with Gasteiger partial charge in [0, 0.05) is 11.7 Å². The maximum atomic E-state index is 12.9. The molecule has 1 N–H and O–H groups in total. The summed E-state index contributed by atoms with van der Waals surface area (Å²) in [6.07, 6.45) is 7.82. The van der Waals surface area contributed by atoms with Gasteiger partial charge >= 0.3 is 5.97 Å².